The Bertz CT molecular complexity index is 1530. The predicted octanol–water partition coefficient (Wildman–Crippen LogP) is 5.65. The molecule has 2 aromatic carbocycles. The number of anilines is 2. The number of non-ortho nitro benzene ring substituents is 1. The van der Waals surface area contributed by atoms with Crippen molar-refractivity contribution in [2.45, 2.75) is 25.9 Å². The molecule has 0 saturated carbocycles. The van der Waals surface area contributed by atoms with Gasteiger partial charge in [0.1, 0.15) is 5.75 Å². The molecule has 10 heteroatoms. The standard InChI is InChI=1S/C29H30N6O3S/c1-18-16-23(19(2)33(18)25-14-13-22(35(36)37)17-26(25)38-5)28-27(24-8-6-7-15-30-24)31-29(39)34(28)21-11-9-20(10-12-21)32(3)4/h6-17,27-28H,1-5H3,(H,31,39)/t27-,28+/m1/s1. The third kappa shape index (κ3) is 4.67. The number of nitro groups is 1. The highest BCUT2D eigenvalue weighted by molar-refractivity contribution is 7.80. The lowest BCUT2D eigenvalue weighted by atomic mass is 9.96. The summed E-state index contributed by atoms with van der Waals surface area (Å²) in [6, 6.07) is 20.6. The number of hydrogen-bond acceptors (Lipinski definition) is 6. The molecule has 1 saturated heterocycles. The van der Waals surface area contributed by atoms with Gasteiger partial charge in [0.25, 0.3) is 5.69 Å². The maximum absolute atomic E-state index is 11.4. The number of pyridine rings is 1. The first-order chi connectivity index (χ1) is 18.7. The Labute approximate surface area is 232 Å². The predicted molar refractivity (Wildman–Crippen MR) is 157 cm³/mol. The van der Waals surface area contributed by atoms with Gasteiger partial charge in [0.15, 0.2) is 5.11 Å². The molecule has 9 nitrogen and oxygen atoms in total. The summed E-state index contributed by atoms with van der Waals surface area (Å²) in [4.78, 5) is 19.8. The number of thiocarbonyl (C=S) groups is 1. The van der Waals surface area contributed by atoms with Crippen molar-refractivity contribution in [1.82, 2.24) is 14.9 Å². The second-order valence-electron chi connectivity index (χ2n) is 9.68. The topological polar surface area (TPSA) is 88.7 Å². The van der Waals surface area contributed by atoms with E-state index in [0.29, 0.717) is 10.9 Å². The van der Waals surface area contributed by atoms with Crippen LogP contribution in [0.25, 0.3) is 5.69 Å². The highest BCUT2D eigenvalue weighted by atomic mass is 32.1. The normalized spacial score (nSPS) is 16.7. The molecule has 39 heavy (non-hydrogen) atoms. The van der Waals surface area contributed by atoms with Crippen molar-refractivity contribution in [3.8, 4) is 11.4 Å². The van der Waals surface area contributed by atoms with Gasteiger partial charge in [0.2, 0.25) is 0 Å². The van der Waals surface area contributed by atoms with Crippen molar-refractivity contribution in [3.05, 3.63) is 106 Å². The molecule has 1 N–H and O–H groups in total. The Hall–Kier alpha value is -4.44. The van der Waals surface area contributed by atoms with E-state index < -0.39 is 4.92 Å². The van der Waals surface area contributed by atoms with Crippen LogP contribution in [0.2, 0.25) is 0 Å². The molecule has 0 bridgehead atoms. The second-order valence-corrected chi connectivity index (χ2v) is 10.1. The molecule has 2 atom stereocenters. The molecule has 1 fully saturated rings. The summed E-state index contributed by atoms with van der Waals surface area (Å²) in [6.07, 6.45) is 1.79. The van der Waals surface area contributed by atoms with Gasteiger partial charge in [-0.25, -0.2) is 0 Å². The van der Waals surface area contributed by atoms with E-state index in [9.17, 15) is 10.1 Å². The van der Waals surface area contributed by atoms with Crippen molar-refractivity contribution >= 4 is 34.4 Å². The minimum atomic E-state index is -0.421. The van der Waals surface area contributed by atoms with Crippen LogP contribution in [0.3, 0.4) is 0 Å². The van der Waals surface area contributed by atoms with Crippen LogP contribution in [-0.2, 0) is 0 Å². The fourth-order valence-corrected chi connectivity index (χ4v) is 5.63. The summed E-state index contributed by atoms with van der Waals surface area (Å²) in [6.45, 7) is 4.07. The molecule has 2 aromatic heterocycles. The van der Waals surface area contributed by atoms with E-state index in [-0.39, 0.29) is 17.8 Å². The number of ether oxygens (including phenoxy) is 1. The lowest BCUT2D eigenvalue weighted by Gasteiger charge is -2.28. The zero-order chi connectivity index (χ0) is 27.8. The van der Waals surface area contributed by atoms with E-state index in [1.807, 2.05) is 46.1 Å². The number of hydrogen-bond donors (Lipinski definition) is 1. The first kappa shape index (κ1) is 26.2. The van der Waals surface area contributed by atoms with Crippen LogP contribution in [-0.4, -0.2) is 40.8 Å². The van der Waals surface area contributed by atoms with Crippen LogP contribution in [0.15, 0.2) is 72.9 Å². The van der Waals surface area contributed by atoms with Gasteiger partial charge in [-0.2, -0.15) is 0 Å². The molecule has 1 aliphatic rings. The zero-order valence-corrected chi connectivity index (χ0v) is 23.3. The van der Waals surface area contributed by atoms with Gasteiger partial charge in [-0.05, 0) is 80.2 Å². The molecule has 0 aliphatic carbocycles. The van der Waals surface area contributed by atoms with E-state index in [1.165, 1.54) is 19.2 Å². The highest BCUT2D eigenvalue weighted by Crippen LogP contribution is 2.44. The lowest BCUT2D eigenvalue weighted by Crippen LogP contribution is -2.29. The molecule has 4 aromatic rings. The summed E-state index contributed by atoms with van der Waals surface area (Å²) in [7, 11) is 5.55. The summed E-state index contributed by atoms with van der Waals surface area (Å²) in [5.74, 6) is 0.426. The Balaban J connectivity index is 1.66. The SMILES string of the molecule is COc1cc([N+](=O)[O-])ccc1-n1c(C)cc([C@H]2[C@@H](c3ccccn3)NC(=S)N2c2ccc(N(C)C)cc2)c1C. The minimum absolute atomic E-state index is 0.0220. The van der Waals surface area contributed by atoms with Crippen LogP contribution < -0.4 is 19.9 Å². The number of rotatable bonds is 7. The summed E-state index contributed by atoms with van der Waals surface area (Å²) in [5, 5.41) is 15.5. The third-order valence-corrected chi connectivity index (χ3v) is 7.46. The Kier molecular flexibility index (Phi) is 6.96. The zero-order valence-electron chi connectivity index (χ0n) is 22.5. The molecule has 3 heterocycles. The van der Waals surface area contributed by atoms with E-state index in [4.69, 9.17) is 17.0 Å². The summed E-state index contributed by atoms with van der Waals surface area (Å²) < 4.78 is 7.65. The summed E-state index contributed by atoms with van der Waals surface area (Å²) in [5.41, 5.74) is 6.67. The Morgan fingerprint density at radius 3 is 2.44 bits per heavy atom. The Morgan fingerprint density at radius 1 is 1.08 bits per heavy atom. The minimum Gasteiger partial charge on any atom is -0.494 e. The van der Waals surface area contributed by atoms with Crippen molar-refractivity contribution in [3.63, 3.8) is 0 Å². The fraction of sp³-hybridized carbons (Fsp3) is 0.241. The quantitative estimate of drug-likeness (QED) is 0.182. The molecule has 200 valence electrons. The molecule has 5 rings (SSSR count). The largest absolute Gasteiger partial charge is 0.494 e. The van der Waals surface area contributed by atoms with Crippen LogP contribution >= 0.6 is 12.2 Å². The number of nitrogens with one attached hydrogen (secondary N) is 1. The van der Waals surface area contributed by atoms with Crippen LogP contribution in [0.5, 0.6) is 5.75 Å². The molecular weight excluding hydrogens is 512 g/mol. The van der Waals surface area contributed by atoms with Gasteiger partial charge in [-0.15, -0.1) is 0 Å². The molecular formula is C29H30N6O3S. The average molecular weight is 543 g/mol. The van der Waals surface area contributed by atoms with E-state index in [0.717, 1.165) is 39.7 Å². The van der Waals surface area contributed by atoms with Crippen molar-refractivity contribution in [2.24, 2.45) is 0 Å². The highest BCUT2D eigenvalue weighted by Gasteiger charge is 2.42. The fourth-order valence-electron chi connectivity index (χ4n) is 5.28. The average Bonchev–Trinajstić information content (AvgIpc) is 3.43. The molecule has 0 radical (unpaired) electrons. The molecule has 1 aliphatic heterocycles. The van der Waals surface area contributed by atoms with Gasteiger partial charge in [-0.1, -0.05) is 6.07 Å². The number of aryl methyl sites for hydroxylation is 1. The van der Waals surface area contributed by atoms with E-state index in [2.05, 4.69) is 55.0 Å². The molecule has 0 unspecified atom stereocenters. The number of benzene rings is 2. The molecule has 0 amide bonds. The van der Waals surface area contributed by atoms with E-state index >= 15 is 0 Å². The lowest BCUT2D eigenvalue weighted by molar-refractivity contribution is -0.384. The van der Waals surface area contributed by atoms with Gasteiger partial charge in [0.05, 0.1) is 41.6 Å². The number of nitro benzene ring substituents is 1. The summed E-state index contributed by atoms with van der Waals surface area (Å²) >= 11 is 5.90. The van der Waals surface area contributed by atoms with Crippen LogP contribution in [0.1, 0.15) is 34.7 Å². The maximum atomic E-state index is 11.4. The number of methoxy groups -OCH3 is 1. The van der Waals surface area contributed by atoms with Crippen molar-refractivity contribution < 1.29 is 9.66 Å². The number of nitrogens with zero attached hydrogens (tertiary/aromatic N) is 5. The van der Waals surface area contributed by atoms with Gasteiger partial charge >= 0.3 is 0 Å². The maximum Gasteiger partial charge on any atom is 0.273 e. The van der Waals surface area contributed by atoms with Crippen LogP contribution in [0, 0.1) is 24.0 Å². The second kappa shape index (κ2) is 10.4. The van der Waals surface area contributed by atoms with Crippen molar-refractivity contribution in [1.29, 1.82) is 0 Å². The van der Waals surface area contributed by atoms with Gasteiger partial charge < -0.3 is 24.4 Å². The van der Waals surface area contributed by atoms with Crippen LogP contribution in [0.4, 0.5) is 17.1 Å². The smallest absolute Gasteiger partial charge is 0.273 e. The first-order valence-electron chi connectivity index (χ1n) is 12.5. The number of aromatic nitrogens is 2. The van der Waals surface area contributed by atoms with Gasteiger partial charge in [0, 0.05) is 49.1 Å². The Morgan fingerprint density at radius 2 is 1.82 bits per heavy atom. The van der Waals surface area contributed by atoms with Crippen molar-refractivity contribution in [2.75, 3.05) is 31.0 Å². The molecule has 0 spiro atoms. The third-order valence-electron chi connectivity index (χ3n) is 7.15. The van der Waals surface area contributed by atoms with Gasteiger partial charge in [-0.3, -0.25) is 15.1 Å². The monoisotopic (exact) mass is 542 g/mol. The van der Waals surface area contributed by atoms with E-state index in [1.54, 1.807) is 12.3 Å². The first-order valence-corrected chi connectivity index (χ1v) is 12.9.